The Labute approximate surface area is 98.2 Å². The van der Waals surface area contributed by atoms with Gasteiger partial charge in [-0.1, -0.05) is 0 Å². The number of amides is 1. The number of hydrogen-bond donors (Lipinski definition) is 1. The molecule has 0 spiro atoms. The molecule has 8 nitrogen and oxygen atoms in total. The first-order valence-electron chi connectivity index (χ1n) is 5.26. The Morgan fingerprint density at radius 3 is 2.71 bits per heavy atom. The van der Waals surface area contributed by atoms with E-state index in [2.05, 4.69) is 15.5 Å². The molecule has 1 aromatic rings. The van der Waals surface area contributed by atoms with E-state index in [0.29, 0.717) is 6.54 Å². The Hall–Kier alpha value is -1.99. The molecular formula is C9H15N5O3. The minimum atomic E-state index is -0.925. The highest BCUT2D eigenvalue weighted by Crippen LogP contribution is 2.05. The molecule has 0 saturated heterocycles. The van der Waals surface area contributed by atoms with Gasteiger partial charge in [0, 0.05) is 12.6 Å². The Morgan fingerprint density at radius 1 is 1.53 bits per heavy atom. The van der Waals surface area contributed by atoms with E-state index in [1.807, 2.05) is 0 Å². The lowest BCUT2D eigenvalue weighted by atomic mass is 10.2. The Morgan fingerprint density at radius 2 is 2.24 bits per heavy atom. The van der Waals surface area contributed by atoms with E-state index in [1.165, 1.54) is 15.9 Å². The van der Waals surface area contributed by atoms with Crippen molar-refractivity contribution in [2.24, 2.45) is 0 Å². The number of tetrazole rings is 1. The van der Waals surface area contributed by atoms with Gasteiger partial charge in [-0.2, -0.15) is 0 Å². The maximum absolute atomic E-state index is 11.9. The average molecular weight is 241 g/mol. The summed E-state index contributed by atoms with van der Waals surface area (Å²) in [5.41, 5.74) is 0. The molecule has 1 rings (SSSR count). The minimum absolute atomic E-state index is 0.0186. The molecule has 1 unspecified atom stereocenters. The SMILES string of the molecule is CCN(C(=O)Cn1cnnn1)C(C)CC(=O)O. The van der Waals surface area contributed by atoms with Crippen LogP contribution in [0.4, 0.5) is 0 Å². The predicted molar refractivity (Wildman–Crippen MR) is 56.9 cm³/mol. The van der Waals surface area contributed by atoms with Crippen LogP contribution < -0.4 is 0 Å². The molecule has 1 heterocycles. The van der Waals surface area contributed by atoms with E-state index in [0.717, 1.165) is 0 Å². The van der Waals surface area contributed by atoms with Crippen molar-refractivity contribution in [1.82, 2.24) is 25.1 Å². The van der Waals surface area contributed by atoms with Crippen LogP contribution in [0.25, 0.3) is 0 Å². The normalized spacial score (nSPS) is 12.1. The number of aliphatic carboxylic acids is 1. The number of carboxylic acids is 1. The molecule has 1 amide bonds. The molecule has 1 atom stereocenters. The van der Waals surface area contributed by atoms with Gasteiger partial charge in [0.2, 0.25) is 5.91 Å². The van der Waals surface area contributed by atoms with Crippen molar-refractivity contribution in [2.75, 3.05) is 6.54 Å². The molecule has 0 fully saturated rings. The first kappa shape index (κ1) is 13.1. The molecule has 1 N–H and O–H groups in total. The smallest absolute Gasteiger partial charge is 0.305 e. The van der Waals surface area contributed by atoms with Crippen LogP contribution in [0.3, 0.4) is 0 Å². The fraction of sp³-hybridized carbons (Fsp3) is 0.667. The fourth-order valence-electron chi connectivity index (χ4n) is 1.58. The summed E-state index contributed by atoms with van der Waals surface area (Å²) < 4.78 is 1.30. The molecule has 0 radical (unpaired) electrons. The lowest BCUT2D eigenvalue weighted by Crippen LogP contribution is -2.41. The highest BCUT2D eigenvalue weighted by molar-refractivity contribution is 5.77. The fourth-order valence-corrected chi connectivity index (χ4v) is 1.58. The van der Waals surface area contributed by atoms with Crippen molar-refractivity contribution < 1.29 is 14.7 Å². The van der Waals surface area contributed by atoms with E-state index in [9.17, 15) is 9.59 Å². The Kier molecular flexibility index (Phi) is 4.56. The van der Waals surface area contributed by atoms with Crippen molar-refractivity contribution in [3.63, 3.8) is 0 Å². The number of hydrogen-bond acceptors (Lipinski definition) is 5. The number of nitrogens with zero attached hydrogens (tertiary/aromatic N) is 5. The van der Waals surface area contributed by atoms with Crippen molar-refractivity contribution >= 4 is 11.9 Å². The van der Waals surface area contributed by atoms with Gasteiger partial charge in [-0.15, -0.1) is 5.10 Å². The van der Waals surface area contributed by atoms with Crippen molar-refractivity contribution in [2.45, 2.75) is 32.9 Å². The van der Waals surface area contributed by atoms with Crippen LogP contribution in [0.1, 0.15) is 20.3 Å². The van der Waals surface area contributed by atoms with Crippen molar-refractivity contribution in [3.05, 3.63) is 6.33 Å². The monoisotopic (exact) mass is 241 g/mol. The highest BCUT2D eigenvalue weighted by atomic mass is 16.4. The van der Waals surface area contributed by atoms with Gasteiger partial charge in [0.05, 0.1) is 6.42 Å². The van der Waals surface area contributed by atoms with Gasteiger partial charge >= 0.3 is 5.97 Å². The van der Waals surface area contributed by atoms with Crippen LogP contribution >= 0.6 is 0 Å². The summed E-state index contributed by atoms with van der Waals surface area (Å²) >= 11 is 0. The Balaban J connectivity index is 2.60. The molecule has 0 aromatic carbocycles. The van der Waals surface area contributed by atoms with Gasteiger partial charge in [-0.3, -0.25) is 9.59 Å². The maximum atomic E-state index is 11.9. The topological polar surface area (TPSA) is 101 Å². The number of carboxylic acid groups (broad SMARTS) is 1. The van der Waals surface area contributed by atoms with Gasteiger partial charge in [0.25, 0.3) is 0 Å². The van der Waals surface area contributed by atoms with Crippen molar-refractivity contribution in [3.8, 4) is 0 Å². The van der Waals surface area contributed by atoms with Gasteiger partial charge in [0.15, 0.2) is 0 Å². The summed E-state index contributed by atoms with van der Waals surface area (Å²) in [6.45, 7) is 3.98. The third-order valence-electron chi connectivity index (χ3n) is 2.35. The second-order valence-corrected chi connectivity index (χ2v) is 3.63. The predicted octanol–water partition coefficient (Wildman–Crippen LogP) is -0.615. The van der Waals surface area contributed by atoms with E-state index >= 15 is 0 Å². The van der Waals surface area contributed by atoms with Gasteiger partial charge in [-0.05, 0) is 24.3 Å². The van der Waals surface area contributed by atoms with Gasteiger partial charge < -0.3 is 10.0 Å². The molecule has 0 saturated carbocycles. The maximum Gasteiger partial charge on any atom is 0.305 e. The van der Waals surface area contributed by atoms with Crippen LogP contribution in [0, 0.1) is 0 Å². The molecular weight excluding hydrogens is 226 g/mol. The minimum Gasteiger partial charge on any atom is -0.481 e. The summed E-state index contributed by atoms with van der Waals surface area (Å²) in [5.74, 6) is -1.13. The van der Waals surface area contributed by atoms with Gasteiger partial charge in [0.1, 0.15) is 12.9 Å². The summed E-state index contributed by atoms with van der Waals surface area (Å²) in [5, 5.41) is 19.1. The molecule has 17 heavy (non-hydrogen) atoms. The summed E-state index contributed by atoms with van der Waals surface area (Å²) in [4.78, 5) is 24.0. The first-order valence-corrected chi connectivity index (χ1v) is 5.26. The number of aromatic nitrogens is 4. The van der Waals surface area contributed by atoms with Crippen LogP contribution in [0.15, 0.2) is 6.33 Å². The lowest BCUT2D eigenvalue weighted by molar-refractivity contribution is -0.140. The second kappa shape index (κ2) is 5.92. The lowest BCUT2D eigenvalue weighted by Gasteiger charge is -2.26. The van der Waals surface area contributed by atoms with Crippen LogP contribution in [0.2, 0.25) is 0 Å². The second-order valence-electron chi connectivity index (χ2n) is 3.63. The quantitative estimate of drug-likeness (QED) is 0.712. The zero-order chi connectivity index (χ0) is 12.8. The first-order chi connectivity index (χ1) is 8.04. The van der Waals surface area contributed by atoms with E-state index in [4.69, 9.17) is 5.11 Å². The van der Waals surface area contributed by atoms with Gasteiger partial charge in [-0.25, -0.2) is 4.68 Å². The third-order valence-corrected chi connectivity index (χ3v) is 2.35. The molecule has 0 aliphatic carbocycles. The number of likely N-dealkylation sites (N-methyl/N-ethyl adjacent to an activating group) is 1. The summed E-state index contributed by atoms with van der Waals surface area (Å²) in [6, 6.07) is -0.346. The molecule has 8 heteroatoms. The Bertz CT molecular complexity index is 378. The highest BCUT2D eigenvalue weighted by Gasteiger charge is 2.21. The van der Waals surface area contributed by atoms with E-state index in [-0.39, 0.29) is 24.9 Å². The average Bonchev–Trinajstić information content (AvgIpc) is 2.70. The summed E-state index contributed by atoms with van der Waals surface area (Å²) in [6.07, 6.45) is 1.27. The largest absolute Gasteiger partial charge is 0.481 e. The molecule has 0 aliphatic rings. The zero-order valence-corrected chi connectivity index (χ0v) is 9.78. The number of rotatable bonds is 6. The number of carbonyl (C=O) groups excluding carboxylic acids is 1. The van der Waals surface area contributed by atoms with Crippen LogP contribution in [-0.2, 0) is 16.1 Å². The third kappa shape index (κ3) is 3.82. The van der Waals surface area contributed by atoms with Crippen LogP contribution in [0.5, 0.6) is 0 Å². The van der Waals surface area contributed by atoms with Crippen LogP contribution in [-0.4, -0.2) is 54.7 Å². The standard InChI is InChI=1S/C9H15N5O3/c1-3-14(7(2)4-9(16)17)8(15)5-13-6-10-11-12-13/h6-7H,3-5H2,1-2H3,(H,16,17). The van der Waals surface area contributed by atoms with Crippen molar-refractivity contribution in [1.29, 1.82) is 0 Å². The van der Waals surface area contributed by atoms with E-state index < -0.39 is 5.97 Å². The van der Waals surface area contributed by atoms with E-state index in [1.54, 1.807) is 13.8 Å². The number of carbonyl (C=O) groups is 2. The molecule has 0 aliphatic heterocycles. The molecule has 0 bridgehead atoms. The molecule has 1 aromatic heterocycles. The molecule has 94 valence electrons. The summed E-state index contributed by atoms with van der Waals surface area (Å²) in [7, 11) is 0. The zero-order valence-electron chi connectivity index (χ0n) is 9.78.